The van der Waals surface area contributed by atoms with Gasteiger partial charge in [-0.1, -0.05) is 13.0 Å². The van der Waals surface area contributed by atoms with Gasteiger partial charge in [0.15, 0.2) is 0 Å². The second-order valence-corrected chi connectivity index (χ2v) is 4.27. The molecule has 86 valence electrons. The molecule has 0 aliphatic carbocycles. The van der Waals surface area contributed by atoms with Gasteiger partial charge in [0, 0.05) is 17.5 Å². The monoisotopic (exact) mass is 235 g/mol. The summed E-state index contributed by atoms with van der Waals surface area (Å²) in [6.45, 7) is 1.90. The summed E-state index contributed by atoms with van der Waals surface area (Å²) in [5.41, 5.74) is 0. The maximum absolute atomic E-state index is 12.0. The highest BCUT2D eigenvalue weighted by Crippen LogP contribution is 2.21. The molecule has 2 unspecified atom stereocenters. The van der Waals surface area contributed by atoms with Crippen LogP contribution < -0.4 is 5.32 Å². The third-order valence-corrected chi connectivity index (χ3v) is 3.15. The molecule has 0 fully saturated rings. The summed E-state index contributed by atoms with van der Waals surface area (Å²) in [6.07, 6.45) is -3.45. The zero-order valence-corrected chi connectivity index (χ0v) is 9.31. The van der Waals surface area contributed by atoms with Crippen molar-refractivity contribution in [2.45, 2.75) is 31.9 Å². The van der Waals surface area contributed by atoms with Crippen molar-refractivity contribution < 1.29 is 13.9 Å². The van der Waals surface area contributed by atoms with Crippen molar-refractivity contribution in [3.8, 4) is 0 Å². The van der Waals surface area contributed by atoms with E-state index in [-0.39, 0.29) is 12.6 Å². The Hall–Kier alpha value is -0.520. The highest BCUT2D eigenvalue weighted by molar-refractivity contribution is 7.10. The summed E-state index contributed by atoms with van der Waals surface area (Å²) in [6, 6.07) is 3.94. The van der Waals surface area contributed by atoms with Crippen LogP contribution in [0.4, 0.5) is 8.78 Å². The van der Waals surface area contributed by atoms with E-state index in [1.165, 1.54) is 0 Å². The van der Waals surface area contributed by atoms with Gasteiger partial charge in [-0.3, -0.25) is 0 Å². The fourth-order valence-electron chi connectivity index (χ4n) is 1.29. The molecule has 5 heteroatoms. The van der Waals surface area contributed by atoms with E-state index < -0.39 is 12.5 Å². The number of hydrogen-bond acceptors (Lipinski definition) is 3. The van der Waals surface area contributed by atoms with Crippen LogP contribution in [0.25, 0.3) is 0 Å². The van der Waals surface area contributed by atoms with Gasteiger partial charge >= 0.3 is 0 Å². The summed E-state index contributed by atoms with van der Waals surface area (Å²) in [5.74, 6) is 0. The van der Waals surface area contributed by atoms with E-state index >= 15 is 0 Å². The van der Waals surface area contributed by atoms with Gasteiger partial charge in [-0.15, -0.1) is 11.3 Å². The van der Waals surface area contributed by atoms with E-state index in [4.69, 9.17) is 5.11 Å². The molecule has 0 bridgehead atoms. The van der Waals surface area contributed by atoms with Crippen molar-refractivity contribution in [2.75, 3.05) is 6.54 Å². The highest BCUT2D eigenvalue weighted by atomic mass is 32.1. The number of thiophene rings is 1. The number of aliphatic hydroxyl groups is 1. The number of aliphatic hydroxyl groups excluding tert-OH is 1. The van der Waals surface area contributed by atoms with E-state index in [1.807, 2.05) is 24.4 Å². The molecule has 2 N–H and O–H groups in total. The molecule has 15 heavy (non-hydrogen) atoms. The van der Waals surface area contributed by atoms with Crippen LogP contribution in [0.3, 0.4) is 0 Å². The van der Waals surface area contributed by atoms with E-state index in [2.05, 4.69) is 5.32 Å². The zero-order chi connectivity index (χ0) is 11.3. The molecule has 0 aliphatic heterocycles. The molecule has 1 aromatic rings. The minimum Gasteiger partial charge on any atom is -0.386 e. The zero-order valence-electron chi connectivity index (χ0n) is 8.49. The van der Waals surface area contributed by atoms with Crippen LogP contribution in [0.15, 0.2) is 17.5 Å². The molecule has 0 radical (unpaired) electrons. The Morgan fingerprint density at radius 1 is 1.53 bits per heavy atom. The molecule has 2 nitrogen and oxygen atoms in total. The third kappa shape index (κ3) is 3.85. The second kappa shape index (κ2) is 6.15. The summed E-state index contributed by atoms with van der Waals surface area (Å²) in [4.78, 5) is 1.11. The van der Waals surface area contributed by atoms with Gasteiger partial charge < -0.3 is 10.4 Å². The molecule has 1 rings (SSSR count). The minimum absolute atomic E-state index is 0.0541. The first-order chi connectivity index (χ1) is 7.15. The molecule has 0 spiro atoms. The van der Waals surface area contributed by atoms with E-state index in [0.29, 0.717) is 0 Å². The number of halogens is 2. The Kier molecular flexibility index (Phi) is 5.14. The summed E-state index contributed by atoms with van der Waals surface area (Å²) < 4.78 is 24.1. The van der Waals surface area contributed by atoms with Crippen molar-refractivity contribution in [1.82, 2.24) is 5.32 Å². The van der Waals surface area contributed by atoms with Gasteiger partial charge in [0.05, 0.1) is 0 Å². The minimum atomic E-state index is -2.68. The van der Waals surface area contributed by atoms with Crippen LogP contribution in [0.2, 0.25) is 0 Å². The fraction of sp³-hybridized carbons (Fsp3) is 0.600. The molecule has 1 aromatic heterocycles. The maximum Gasteiger partial charge on any atom is 0.265 e. The molecule has 1 heterocycles. The lowest BCUT2D eigenvalue weighted by molar-refractivity contribution is -0.00466. The largest absolute Gasteiger partial charge is 0.386 e. The molecule has 2 atom stereocenters. The SMILES string of the molecule is CCC(NCC(O)C(F)F)c1cccs1. The van der Waals surface area contributed by atoms with Crippen LogP contribution in [0.5, 0.6) is 0 Å². The quantitative estimate of drug-likeness (QED) is 0.793. The Morgan fingerprint density at radius 3 is 2.73 bits per heavy atom. The molecule has 0 amide bonds. The average Bonchev–Trinajstić information content (AvgIpc) is 2.71. The van der Waals surface area contributed by atoms with E-state index in [1.54, 1.807) is 11.3 Å². The van der Waals surface area contributed by atoms with Gasteiger partial charge in [-0.05, 0) is 17.9 Å². The standard InChI is InChI=1S/C10H15F2NOS/c1-2-7(9-4-3-5-15-9)13-6-8(14)10(11)12/h3-5,7-8,10,13-14H,2,6H2,1H3. The Bertz CT molecular complexity index is 266. The van der Waals surface area contributed by atoms with Crippen LogP contribution >= 0.6 is 11.3 Å². The molecule has 0 aliphatic rings. The van der Waals surface area contributed by atoms with Crippen LogP contribution in [-0.4, -0.2) is 24.2 Å². The van der Waals surface area contributed by atoms with Crippen LogP contribution in [0.1, 0.15) is 24.3 Å². The van der Waals surface area contributed by atoms with Gasteiger partial charge in [-0.25, -0.2) is 8.78 Å². The second-order valence-electron chi connectivity index (χ2n) is 3.29. The van der Waals surface area contributed by atoms with Crippen LogP contribution in [-0.2, 0) is 0 Å². The van der Waals surface area contributed by atoms with Gasteiger partial charge in [-0.2, -0.15) is 0 Å². The number of alkyl halides is 2. The maximum atomic E-state index is 12.0. The fourth-order valence-corrected chi connectivity index (χ4v) is 2.17. The van der Waals surface area contributed by atoms with E-state index in [9.17, 15) is 8.78 Å². The third-order valence-electron chi connectivity index (χ3n) is 2.16. The lowest BCUT2D eigenvalue weighted by atomic mass is 10.2. The highest BCUT2D eigenvalue weighted by Gasteiger charge is 2.18. The van der Waals surface area contributed by atoms with Crippen LogP contribution in [0, 0.1) is 0 Å². The molecular weight excluding hydrogens is 220 g/mol. The normalized spacial score (nSPS) is 15.5. The van der Waals surface area contributed by atoms with Crippen molar-refractivity contribution in [3.05, 3.63) is 22.4 Å². The predicted molar refractivity (Wildman–Crippen MR) is 57.4 cm³/mol. The first kappa shape index (κ1) is 12.5. The van der Waals surface area contributed by atoms with Crippen molar-refractivity contribution >= 4 is 11.3 Å². The summed E-state index contributed by atoms with van der Waals surface area (Å²) in [7, 11) is 0. The smallest absolute Gasteiger partial charge is 0.265 e. The summed E-state index contributed by atoms with van der Waals surface area (Å²) >= 11 is 1.58. The lowest BCUT2D eigenvalue weighted by Crippen LogP contribution is -2.34. The first-order valence-electron chi connectivity index (χ1n) is 4.88. The number of hydrogen-bond donors (Lipinski definition) is 2. The topological polar surface area (TPSA) is 32.3 Å². The first-order valence-corrected chi connectivity index (χ1v) is 5.76. The van der Waals surface area contributed by atoms with Gasteiger partial charge in [0.1, 0.15) is 6.10 Å². The average molecular weight is 235 g/mol. The Labute approximate surface area is 91.9 Å². The van der Waals surface area contributed by atoms with Crippen molar-refractivity contribution in [2.24, 2.45) is 0 Å². The predicted octanol–water partition coefficient (Wildman–Crippen LogP) is 2.41. The lowest BCUT2D eigenvalue weighted by Gasteiger charge is -2.17. The van der Waals surface area contributed by atoms with Gasteiger partial charge in [0.25, 0.3) is 6.43 Å². The number of nitrogens with one attached hydrogen (secondary N) is 1. The molecule has 0 aromatic carbocycles. The molecule has 0 saturated heterocycles. The summed E-state index contributed by atoms with van der Waals surface area (Å²) in [5, 5.41) is 13.8. The van der Waals surface area contributed by atoms with Crippen molar-refractivity contribution in [1.29, 1.82) is 0 Å². The molecular formula is C10H15F2NOS. The van der Waals surface area contributed by atoms with Crippen molar-refractivity contribution in [3.63, 3.8) is 0 Å². The Morgan fingerprint density at radius 2 is 2.27 bits per heavy atom. The Balaban J connectivity index is 2.42. The van der Waals surface area contributed by atoms with Gasteiger partial charge in [0.2, 0.25) is 0 Å². The molecule has 0 saturated carbocycles. The number of rotatable bonds is 6. The van der Waals surface area contributed by atoms with E-state index in [0.717, 1.165) is 11.3 Å².